The Morgan fingerprint density at radius 3 is 2.62 bits per heavy atom. The lowest BCUT2D eigenvalue weighted by Gasteiger charge is -2.37. The van der Waals surface area contributed by atoms with Gasteiger partial charge in [0.15, 0.2) is 0 Å². The molecule has 0 bridgehead atoms. The van der Waals surface area contributed by atoms with Crippen LogP contribution in [0.1, 0.15) is 12.8 Å². The lowest BCUT2D eigenvalue weighted by Crippen LogP contribution is -2.53. The summed E-state index contributed by atoms with van der Waals surface area (Å²) in [5.74, 6) is 4.91. The molecular weight excluding hydrogens is 276 g/mol. The summed E-state index contributed by atoms with van der Waals surface area (Å²) in [7, 11) is 0. The molecule has 4 N–H and O–H groups in total. The number of likely N-dealkylation sites (tertiary alicyclic amines) is 1. The number of rotatable bonds is 4. The number of hydrogen-bond acceptors (Lipinski definition) is 6. The number of aliphatic hydroxyl groups excluding tert-OH is 1. The normalized spacial score (nSPS) is 24.9. The Kier molecular flexibility index (Phi) is 5.92. The van der Waals surface area contributed by atoms with Gasteiger partial charge in [0.1, 0.15) is 0 Å². The van der Waals surface area contributed by atoms with Gasteiger partial charge in [0.25, 0.3) is 0 Å². The second-order valence-corrected chi connectivity index (χ2v) is 5.55. The summed E-state index contributed by atoms with van der Waals surface area (Å²) in [6, 6.07) is -0.108. The van der Waals surface area contributed by atoms with E-state index >= 15 is 0 Å². The van der Waals surface area contributed by atoms with Gasteiger partial charge in [0, 0.05) is 25.6 Å². The van der Waals surface area contributed by atoms with Crippen LogP contribution in [0.25, 0.3) is 0 Å². The maximum atomic E-state index is 12.3. The van der Waals surface area contributed by atoms with Crippen LogP contribution in [0.4, 0.5) is 0 Å². The first-order valence-electron chi connectivity index (χ1n) is 7.36. The topological polar surface area (TPSA) is 108 Å². The first kappa shape index (κ1) is 16.2. The summed E-state index contributed by atoms with van der Waals surface area (Å²) in [5.41, 5.74) is 2.17. The number of hydrazine groups is 1. The average Bonchev–Trinajstić information content (AvgIpc) is 2.54. The van der Waals surface area contributed by atoms with E-state index in [1.165, 1.54) is 0 Å². The van der Waals surface area contributed by atoms with Crippen LogP contribution in [0.2, 0.25) is 0 Å². The Morgan fingerprint density at radius 2 is 2.00 bits per heavy atom. The van der Waals surface area contributed by atoms with Crippen LogP contribution in [0, 0.1) is 5.92 Å². The van der Waals surface area contributed by atoms with Gasteiger partial charge in [-0.25, -0.2) is 5.84 Å². The lowest BCUT2D eigenvalue weighted by molar-refractivity contribution is -0.138. The molecule has 2 saturated heterocycles. The van der Waals surface area contributed by atoms with Crippen molar-refractivity contribution >= 4 is 11.8 Å². The summed E-state index contributed by atoms with van der Waals surface area (Å²) in [4.78, 5) is 27.5. The summed E-state index contributed by atoms with van der Waals surface area (Å²) in [5, 5.41) is 9.30. The average molecular weight is 300 g/mol. The molecule has 0 aliphatic carbocycles. The van der Waals surface area contributed by atoms with Gasteiger partial charge in [-0.05, 0) is 12.8 Å². The van der Waals surface area contributed by atoms with Crippen LogP contribution in [0.15, 0.2) is 0 Å². The third-order valence-electron chi connectivity index (χ3n) is 4.26. The number of nitrogens with zero attached hydrogens (tertiary/aromatic N) is 2. The number of morpholine rings is 1. The van der Waals surface area contributed by atoms with Crippen molar-refractivity contribution in [1.82, 2.24) is 15.2 Å². The highest BCUT2D eigenvalue weighted by molar-refractivity contribution is 5.80. The molecule has 2 fully saturated rings. The highest BCUT2D eigenvalue weighted by Crippen LogP contribution is 2.18. The van der Waals surface area contributed by atoms with Crippen molar-refractivity contribution in [2.75, 3.05) is 46.0 Å². The van der Waals surface area contributed by atoms with E-state index in [0.29, 0.717) is 52.2 Å². The standard InChI is InChI=1S/C13H24N4O4/c14-15-13(20)10-1-3-16(4-2-10)12(19)7-17-5-6-21-9-11(17)8-18/h10-11,18H,1-9,14H2,(H,15,20). The first-order chi connectivity index (χ1) is 10.2. The van der Waals surface area contributed by atoms with Gasteiger partial charge in [-0.1, -0.05) is 0 Å². The lowest BCUT2D eigenvalue weighted by atomic mass is 9.96. The monoisotopic (exact) mass is 300 g/mol. The van der Waals surface area contributed by atoms with Crippen molar-refractivity contribution in [3.05, 3.63) is 0 Å². The van der Waals surface area contributed by atoms with Crippen LogP contribution >= 0.6 is 0 Å². The molecule has 2 aliphatic rings. The zero-order valence-corrected chi connectivity index (χ0v) is 12.2. The zero-order chi connectivity index (χ0) is 15.2. The molecule has 2 aliphatic heterocycles. The number of ether oxygens (including phenoxy) is 1. The van der Waals surface area contributed by atoms with E-state index in [1.807, 2.05) is 4.90 Å². The summed E-state index contributed by atoms with van der Waals surface area (Å²) >= 11 is 0. The van der Waals surface area contributed by atoms with Crippen molar-refractivity contribution in [3.63, 3.8) is 0 Å². The Labute approximate surface area is 124 Å². The minimum Gasteiger partial charge on any atom is -0.395 e. The fourth-order valence-electron chi connectivity index (χ4n) is 2.85. The highest BCUT2D eigenvalue weighted by Gasteiger charge is 2.30. The fraction of sp³-hybridized carbons (Fsp3) is 0.846. The number of amides is 2. The SMILES string of the molecule is NNC(=O)C1CCN(C(=O)CN2CCOCC2CO)CC1. The van der Waals surface area contributed by atoms with E-state index < -0.39 is 0 Å². The number of hydrogen-bond donors (Lipinski definition) is 3. The molecule has 0 saturated carbocycles. The van der Waals surface area contributed by atoms with Crippen LogP contribution in [-0.4, -0.2) is 78.8 Å². The van der Waals surface area contributed by atoms with Gasteiger partial charge in [0.2, 0.25) is 11.8 Å². The maximum Gasteiger partial charge on any atom is 0.237 e. The van der Waals surface area contributed by atoms with E-state index in [9.17, 15) is 14.7 Å². The summed E-state index contributed by atoms with van der Waals surface area (Å²) < 4.78 is 5.30. The van der Waals surface area contributed by atoms with Gasteiger partial charge in [-0.2, -0.15) is 0 Å². The Balaban J connectivity index is 1.80. The van der Waals surface area contributed by atoms with Gasteiger partial charge < -0.3 is 14.7 Å². The third-order valence-corrected chi connectivity index (χ3v) is 4.26. The fourth-order valence-corrected chi connectivity index (χ4v) is 2.85. The molecule has 0 radical (unpaired) electrons. The van der Waals surface area contributed by atoms with E-state index in [-0.39, 0.29) is 30.4 Å². The van der Waals surface area contributed by atoms with Gasteiger partial charge in [-0.15, -0.1) is 0 Å². The number of nitrogens with one attached hydrogen (secondary N) is 1. The Morgan fingerprint density at radius 1 is 1.29 bits per heavy atom. The molecule has 1 unspecified atom stereocenters. The molecule has 0 aromatic heterocycles. The smallest absolute Gasteiger partial charge is 0.237 e. The number of piperidine rings is 1. The second-order valence-electron chi connectivity index (χ2n) is 5.55. The van der Waals surface area contributed by atoms with Crippen LogP contribution in [0.3, 0.4) is 0 Å². The minimum absolute atomic E-state index is 0.00791. The van der Waals surface area contributed by atoms with E-state index in [4.69, 9.17) is 10.6 Å². The van der Waals surface area contributed by atoms with Gasteiger partial charge in [0.05, 0.1) is 32.4 Å². The molecule has 8 nitrogen and oxygen atoms in total. The van der Waals surface area contributed by atoms with Gasteiger partial charge >= 0.3 is 0 Å². The quantitative estimate of drug-likeness (QED) is 0.312. The molecule has 0 aromatic carbocycles. The van der Waals surface area contributed by atoms with Crippen molar-refractivity contribution in [3.8, 4) is 0 Å². The summed E-state index contributed by atoms with van der Waals surface area (Å²) in [6.07, 6.45) is 1.28. The number of carbonyl (C=O) groups excluding carboxylic acids is 2. The van der Waals surface area contributed by atoms with E-state index in [1.54, 1.807) is 4.90 Å². The molecular formula is C13H24N4O4. The summed E-state index contributed by atoms with van der Waals surface area (Å²) in [6.45, 7) is 3.14. The zero-order valence-electron chi connectivity index (χ0n) is 12.2. The molecule has 120 valence electrons. The molecule has 2 rings (SSSR count). The van der Waals surface area contributed by atoms with Crippen LogP contribution in [-0.2, 0) is 14.3 Å². The molecule has 1 atom stereocenters. The van der Waals surface area contributed by atoms with E-state index in [2.05, 4.69) is 5.43 Å². The van der Waals surface area contributed by atoms with Gasteiger partial charge in [-0.3, -0.25) is 19.9 Å². The molecule has 8 heteroatoms. The molecule has 0 aromatic rings. The first-order valence-corrected chi connectivity index (χ1v) is 7.36. The predicted molar refractivity (Wildman–Crippen MR) is 74.9 cm³/mol. The number of carbonyl (C=O) groups is 2. The highest BCUT2D eigenvalue weighted by atomic mass is 16.5. The molecule has 0 spiro atoms. The largest absolute Gasteiger partial charge is 0.395 e. The molecule has 21 heavy (non-hydrogen) atoms. The number of aliphatic hydroxyl groups is 1. The molecule has 2 amide bonds. The van der Waals surface area contributed by atoms with Crippen LogP contribution < -0.4 is 11.3 Å². The number of nitrogens with two attached hydrogens (primary N) is 1. The second kappa shape index (κ2) is 7.69. The maximum absolute atomic E-state index is 12.3. The van der Waals surface area contributed by atoms with Crippen molar-refractivity contribution in [1.29, 1.82) is 0 Å². The Hall–Kier alpha value is -1.22. The minimum atomic E-state index is -0.157. The third kappa shape index (κ3) is 4.13. The van der Waals surface area contributed by atoms with Crippen molar-refractivity contribution in [2.24, 2.45) is 11.8 Å². The molecule has 2 heterocycles. The Bertz CT molecular complexity index is 371. The van der Waals surface area contributed by atoms with Crippen molar-refractivity contribution in [2.45, 2.75) is 18.9 Å². The van der Waals surface area contributed by atoms with Crippen LogP contribution in [0.5, 0.6) is 0 Å². The van der Waals surface area contributed by atoms with Crippen molar-refractivity contribution < 1.29 is 19.4 Å². The predicted octanol–water partition coefficient (Wildman–Crippen LogP) is -2.09. The van der Waals surface area contributed by atoms with E-state index in [0.717, 1.165) is 0 Å².